The second kappa shape index (κ2) is 8.64. The summed E-state index contributed by atoms with van der Waals surface area (Å²) in [4.78, 5) is 24.0. The van der Waals surface area contributed by atoms with E-state index in [4.69, 9.17) is 4.74 Å². The van der Waals surface area contributed by atoms with Crippen molar-refractivity contribution in [2.24, 2.45) is 0 Å². The topological polar surface area (TPSA) is 92.8 Å². The molecule has 0 heterocycles. The molecule has 0 spiro atoms. The number of nitrogens with one attached hydrogen (secondary N) is 1. The lowest BCUT2D eigenvalue weighted by molar-refractivity contribution is -0.116. The fourth-order valence-corrected chi connectivity index (χ4v) is 2.81. The van der Waals surface area contributed by atoms with E-state index in [1.807, 2.05) is 6.92 Å². The van der Waals surface area contributed by atoms with Gasteiger partial charge in [-0.25, -0.2) is 13.2 Å². The number of hydrogen-bond acceptors (Lipinski definition) is 5. The highest BCUT2D eigenvalue weighted by atomic mass is 32.2. The second-order valence-corrected chi connectivity index (χ2v) is 6.89. The van der Waals surface area contributed by atoms with Crippen LogP contribution in [0.2, 0.25) is 0 Å². The molecular formula is C15H22N2O5S. The molecule has 1 aromatic rings. The van der Waals surface area contributed by atoms with Crippen LogP contribution in [0.15, 0.2) is 24.3 Å². The Bertz CT molecular complexity index is 658. The molecule has 0 aromatic heterocycles. The van der Waals surface area contributed by atoms with Crippen LogP contribution in [0, 0.1) is 0 Å². The van der Waals surface area contributed by atoms with Crippen molar-refractivity contribution in [3.05, 3.63) is 29.8 Å². The Kier molecular flexibility index (Phi) is 7.18. The molecule has 0 aliphatic rings. The summed E-state index contributed by atoms with van der Waals surface area (Å²) in [6, 6.07) is 6.42. The van der Waals surface area contributed by atoms with Crippen molar-refractivity contribution in [3.63, 3.8) is 0 Å². The van der Waals surface area contributed by atoms with Crippen LogP contribution in [-0.4, -0.2) is 50.6 Å². The first kappa shape index (κ1) is 19.1. The first-order valence-electron chi connectivity index (χ1n) is 7.30. The van der Waals surface area contributed by atoms with E-state index < -0.39 is 21.9 Å². The molecule has 0 saturated heterocycles. The lowest BCUT2D eigenvalue weighted by atomic mass is 10.2. The number of rotatable bonds is 8. The van der Waals surface area contributed by atoms with Gasteiger partial charge in [0.2, 0.25) is 15.9 Å². The SMILES string of the molecule is CCCN(CC(=O)Nc1ccccc1C(=O)OCC)S(C)(=O)=O. The van der Waals surface area contributed by atoms with Gasteiger partial charge in [0.25, 0.3) is 0 Å². The maximum Gasteiger partial charge on any atom is 0.340 e. The molecular weight excluding hydrogens is 320 g/mol. The first-order chi connectivity index (χ1) is 10.8. The van der Waals surface area contributed by atoms with Gasteiger partial charge >= 0.3 is 5.97 Å². The average molecular weight is 342 g/mol. The number of esters is 1. The number of nitrogens with zero attached hydrogens (tertiary/aromatic N) is 1. The standard InChI is InChI=1S/C15H22N2O5S/c1-4-10-17(23(3,20)21)11-14(18)16-13-9-7-6-8-12(13)15(19)22-5-2/h6-9H,4-5,10-11H2,1-3H3,(H,16,18). The Labute approximate surface area is 136 Å². The van der Waals surface area contributed by atoms with Crippen molar-refractivity contribution >= 4 is 27.6 Å². The molecule has 0 fully saturated rings. The van der Waals surface area contributed by atoms with Gasteiger partial charge in [-0.3, -0.25) is 4.79 Å². The van der Waals surface area contributed by atoms with Crippen LogP contribution in [0.4, 0.5) is 5.69 Å². The van der Waals surface area contributed by atoms with Crippen molar-refractivity contribution in [3.8, 4) is 0 Å². The van der Waals surface area contributed by atoms with Crippen molar-refractivity contribution in [2.75, 3.05) is 31.3 Å². The third-order valence-corrected chi connectivity index (χ3v) is 4.21. The molecule has 23 heavy (non-hydrogen) atoms. The molecule has 1 rings (SSSR count). The zero-order valence-electron chi connectivity index (χ0n) is 13.5. The lowest BCUT2D eigenvalue weighted by Gasteiger charge is -2.19. The van der Waals surface area contributed by atoms with Crippen LogP contribution in [0.3, 0.4) is 0 Å². The van der Waals surface area contributed by atoms with Crippen LogP contribution >= 0.6 is 0 Å². The van der Waals surface area contributed by atoms with Gasteiger partial charge < -0.3 is 10.1 Å². The molecule has 7 nitrogen and oxygen atoms in total. The summed E-state index contributed by atoms with van der Waals surface area (Å²) in [7, 11) is -3.47. The van der Waals surface area contributed by atoms with E-state index >= 15 is 0 Å². The third-order valence-electron chi connectivity index (χ3n) is 2.96. The van der Waals surface area contributed by atoms with Gasteiger partial charge in [0.05, 0.1) is 30.7 Å². The number of sulfonamides is 1. The zero-order chi connectivity index (χ0) is 17.5. The number of anilines is 1. The summed E-state index contributed by atoms with van der Waals surface area (Å²) in [6.07, 6.45) is 1.66. The Morgan fingerprint density at radius 1 is 1.22 bits per heavy atom. The fourth-order valence-electron chi connectivity index (χ4n) is 1.94. The summed E-state index contributed by atoms with van der Waals surface area (Å²) in [5.41, 5.74) is 0.519. The fraction of sp³-hybridized carbons (Fsp3) is 0.467. The summed E-state index contributed by atoms with van der Waals surface area (Å²) in [5, 5.41) is 2.56. The van der Waals surface area contributed by atoms with Crippen LogP contribution in [0.25, 0.3) is 0 Å². The maximum atomic E-state index is 12.1. The minimum atomic E-state index is -3.47. The van der Waals surface area contributed by atoms with Crippen LogP contribution in [0.5, 0.6) is 0 Å². The summed E-state index contributed by atoms with van der Waals surface area (Å²) in [6.45, 7) is 3.69. The Morgan fingerprint density at radius 3 is 2.43 bits per heavy atom. The third kappa shape index (κ3) is 5.99. The predicted octanol–water partition coefficient (Wildman–Crippen LogP) is 1.47. The number of carbonyl (C=O) groups excluding carboxylic acids is 2. The molecule has 0 unspecified atom stereocenters. The number of carbonyl (C=O) groups is 2. The minimum absolute atomic E-state index is 0.222. The number of benzene rings is 1. The molecule has 8 heteroatoms. The van der Waals surface area contributed by atoms with Gasteiger partial charge in [-0.1, -0.05) is 19.1 Å². The smallest absolute Gasteiger partial charge is 0.340 e. The molecule has 0 aliphatic heterocycles. The highest BCUT2D eigenvalue weighted by Gasteiger charge is 2.20. The average Bonchev–Trinajstić information content (AvgIpc) is 2.46. The first-order valence-corrected chi connectivity index (χ1v) is 9.15. The van der Waals surface area contributed by atoms with Crippen molar-refractivity contribution in [1.29, 1.82) is 0 Å². The minimum Gasteiger partial charge on any atom is -0.462 e. The van der Waals surface area contributed by atoms with E-state index in [0.717, 1.165) is 10.6 Å². The van der Waals surface area contributed by atoms with Crippen molar-refractivity contribution in [1.82, 2.24) is 4.31 Å². The molecule has 0 saturated carbocycles. The molecule has 0 radical (unpaired) electrons. The quantitative estimate of drug-likeness (QED) is 0.722. The highest BCUT2D eigenvalue weighted by Crippen LogP contribution is 2.16. The van der Waals surface area contributed by atoms with E-state index in [0.29, 0.717) is 12.1 Å². The Balaban J connectivity index is 2.87. The largest absolute Gasteiger partial charge is 0.462 e. The summed E-state index contributed by atoms with van der Waals surface area (Å²) in [5.74, 6) is -1.06. The lowest BCUT2D eigenvalue weighted by Crippen LogP contribution is -2.38. The van der Waals surface area contributed by atoms with E-state index in [1.54, 1.807) is 25.1 Å². The molecule has 0 atom stereocenters. The Morgan fingerprint density at radius 2 is 1.87 bits per heavy atom. The highest BCUT2D eigenvalue weighted by molar-refractivity contribution is 7.88. The van der Waals surface area contributed by atoms with Gasteiger partial charge in [0, 0.05) is 6.54 Å². The number of hydrogen-bond donors (Lipinski definition) is 1. The predicted molar refractivity (Wildman–Crippen MR) is 87.7 cm³/mol. The van der Waals surface area contributed by atoms with Crippen molar-refractivity contribution in [2.45, 2.75) is 20.3 Å². The second-order valence-electron chi connectivity index (χ2n) is 4.91. The monoisotopic (exact) mass is 342 g/mol. The molecule has 128 valence electrons. The summed E-state index contributed by atoms with van der Waals surface area (Å²) >= 11 is 0. The molecule has 1 aromatic carbocycles. The van der Waals surface area contributed by atoms with Gasteiger partial charge in [-0.15, -0.1) is 0 Å². The van der Waals surface area contributed by atoms with Crippen LogP contribution in [0.1, 0.15) is 30.6 Å². The molecule has 1 N–H and O–H groups in total. The Hall–Kier alpha value is -1.93. The molecule has 0 bridgehead atoms. The number of para-hydroxylation sites is 1. The molecule has 1 amide bonds. The summed E-state index contributed by atoms with van der Waals surface area (Å²) < 4.78 is 29.3. The normalized spacial score (nSPS) is 11.3. The van der Waals surface area contributed by atoms with Gasteiger partial charge in [0.15, 0.2) is 0 Å². The number of amides is 1. The van der Waals surface area contributed by atoms with E-state index in [2.05, 4.69) is 5.32 Å². The number of ether oxygens (including phenoxy) is 1. The maximum absolute atomic E-state index is 12.1. The molecule has 0 aliphatic carbocycles. The zero-order valence-corrected chi connectivity index (χ0v) is 14.4. The van der Waals surface area contributed by atoms with E-state index in [1.165, 1.54) is 6.07 Å². The van der Waals surface area contributed by atoms with Crippen LogP contribution < -0.4 is 5.32 Å². The van der Waals surface area contributed by atoms with Crippen molar-refractivity contribution < 1.29 is 22.7 Å². The van der Waals surface area contributed by atoms with E-state index in [9.17, 15) is 18.0 Å². The van der Waals surface area contributed by atoms with E-state index in [-0.39, 0.29) is 25.3 Å². The van der Waals surface area contributed by atoms with Gasteiger partial charge in [-0.2, -0.15) is 4.31 Å². The van der Waals surface area contributed by atoms with Crippen LogP contribution in [-0.2, 0) is 19.6 Å². The van der Waals surface area contributed by atoms with Gasteiger partial charge in [-0.05, 0) is 25.5 Å². The van der Waals surface area contributed by atoms with Gasteiger partial charge in [0.1, 0.15) is 0 Å².